The Balaban J connectivity index is 2.28. The number of nitrogens with two attached hydrogens (primary N) is 1. The standard InChI is InChI=1S/C16H18FN3O/c1-3-4-13-9-11(10-15(18)19-13)16(21)20(2)14-7-5-12(17)6-8-14/h5-10H,3-4H2,1-2H3,(H2,18,19). The SMILES string of the molecule is CCCc1cc(C(=O)N(C)c2ccc(F)cc2)cc(N)n1. The van der Waals surface area contributed by atoms with E-state index in [0.717, 1.165) is 18.5 Å². The maximum Gasteiger partial charge on any atom is 0.258 e. The second-order valence-corrected chi connectivity index (χ2v) is 4.86. The van der Waals surface area contributed by atoms with Crippen LogP contribution in [-0.2, 0) is 6.42 Å². The largest absolute Gasteiger partial charge is 0.384 e. The van der Waals surface area contributed by atoms with Gasteiger partial charge in [0.2, 0.25) is 0 Å². The van der Waals surface area contributed by atoms with Crippen LogP contribution in [0.1, 0.15) is 29.4 Å². The van der Waals surface area contributed by atoms with Gasteiger partial charge in [-0.25, -0.2) is 9.37 Å². The molecular weight excluding hydrogens is 269 g/mol. The summed E-state index contributed by atoms with van der Waals surface area (Å²) in [5, 5.41) is 0. The Labute approximate surface area is 123 Å². The van der Waals surface area contributed by atoms with E-state index in [1.54, 1.807) is 31.3 Å². The lowest BCUT2D eigenvalue weighted by molar-refractivity contribution is 0.0993. The number of aryl methyl sites for hydroxylation is 1. The fourth-order valence-corrected chi connectivity index (χ4v) is 2.09. The van der Waals surface area contributed by atoms with Crippen molar-refractivity contribution in [2.45, 2.75) is 19.8 Å². The molecule has 1 aromatic carbocycles. The first-order chi connectivity index (χ1) is 10.0. The second-order valence-electron chi connectivity index (χ2n) is 4.86. The molecule has 0 unspecified atom stereocenters. The number of pyridine rings is 1. The Bertz CT molecular complexity index is 640. The van der Waals surface area contributed by atoms with Crippen molar-refractivity contribution in [2.24, 2.45) is 0 Å². The van der Waals surface area contributed by atoms with E-state index in [-0.39, 0.29) is 11.7 Å². The monoisotopic (exact) mass is 287 g/mol. The number of benzene rings is 1. The summed E-state index contributed by atoms with van der Waals surface area (Å²) >= 11 is 0. The van der Waals surface area contributed by atoms with Gasteiger partial charge in [0.1, 0.15) is 11.6 Å². The molecule has 1 aromatic heterocycles. The summed E-state index contributed by atoms with van der Waals surface area (Å²) in [7, 11) is 1.64. The summed E-state index contributed by atoms with van der Waals surface area (Å²) in [6.07, 6.45) is 1.70. The molecule has 1 amide bonds. The average Bonchev–Trinajstić information content (AvgIpc) is 2.46. The van der Waals surface area contributed by atoms with E-state index < -0.39 is 0 Å². The van der Waals surface area contributed by atoms with Crippen LogP contribution in [0, 0.1) is 5.82 Å². The lowest BCUT2D eigenvalue weighted by Crippen LogP contribution is -2.26. The van der Waals surface area contributed by atoms with Gasteiger partial charge in [-0.15, -0.1) is 0 Å². The smallest absolute Gasteiger partial charge is 0.258 e. The molecule has 0 aliphatic heterocycles. The molecule has 0 saturated heterocycles. The van der Waals surface area contributed by atoms with E-state index in [1.807, 2.05) is 6.92 Å². The van der Waals surface area contributed by atoms with E-state index in [2.05, 4.69) is 4.98 Å². The summed E-state index contributed by atoms with van der Waals surface area (Å²) in [6, 6.07) is 9.07. The van der Waals surface area contributed by atoms with E-state index in [1.165, 1.54) is 17.0 Å². The van der Waals surface area contributed by atoms with Crippen LogP contribution in [0.15, 0.2) is 36.4 Å². The Morgan fingerprint density at radius 3 is 2.57 bits per heavy atom. The summed E-state index contributed by atoms with van der Waals surface area (Å²) in [6.45, 7) is 2.04. The van der Waals surface area contributed by atoms with Crippen LogP contribution in [0.4, 0.5) is 15.9 Å². The molecule has 0 saturated carbocycles. The Kier molecular flexibility index (Phi) is 4.52. The van der Waals surface area contributed by atoms with Crippen molar-refractivity contribution in [3.8, 4) is 0 Å². The number of rotatable bonds is 4. The molecule has 0 atom stereocenters. The van der Waals surface area contributed by atoms with Gasteiger partial charge in [-0.2, -0.15) is 0 Å². The molecule has 21 heavy (non-hydrogen) atoms. The van der Waals surface area contributed by atoms with Crippen LogP contribution in [0.3, 0.4) is 0 Å². The highest BCUT2D eigenvalue weighted by molar-refractivity contribution is 6.06. The van der Waals surface area contributed by atoms with Gasteiger partial charge in [0.15, 0.2) is 0 Å². The van der Waals surface area contributed by atoms with E-state index in [9.17, 15) is 9.18 Å². The van der Waals surface area contributed by atoms with E-state index in [0.29, 0.717) is 17.1 Å². The van der Waals surface area contributed by atoms with Gasteiger partial charge >= 0.3 is 0 Å². The quantitative estimate of drug-likeness (QED) is 0.940. The number of anilines is 2. The molecule has 0 aliphatic rings. The summed E-state index contributed by atoms with van der Waals surface area (Å²) in [5.41, 5.74) is 7.66. The van der Waals surface area contributed by atoms with Gasteiger partial charge in [0.25, 0.3) is 5.91 Å². The first kappa shape index (κ1) is 15.0. The van der Waals surface area contributed by atoms with Crippen LogP contribution in [0.2, 0.25) is 0 Å². The molecule has 2 rings (SSSR count). The van der Waals surface area contributed by atoms with Crippen molar-refractivity contribution in [3.63, 3.8) is 0 Å². The highest BCUT2D eigenvalue weighted by atomic mass is 19.1. The molecule has 0 fully saturated rings. The van der Waals surface area contributed by atoms with Crippen molar-refractivity contribution < 1.29 is 9.18 Å². The zero-order chi connectivity index (χ0) is 15.4. The maximum atomic E-state index is 12.9. The Morgan fingerprint density at radius 1 is 1.29 bits per heavy atom. The number of nitrogens with zero attached hydrogens (tertiary/aromatic N) is 2. The number of hydrogen-bond acceptors (Lipinski definition) is 3. The fourth-order valence-electron chi connectivity index (χ4n) is 2.09. The third-order valence-electron chi connectivity index (χ3n) is 3.17. The first-order valence-electron chi connectivity index (χ1n) is 6.81. The molecule has 0 radical (unpaired) electrons. The molecule has 5 heteroatoms. The minimum atomic E-state index is -0.335. The average molecular weight is 287 g/mol. The summed E-state index contributed by atoms with van der Waals surface area (Å²) < 4.78 is 12.9. The summed E-state index contributed by atoms with van der Waals surface area (Å²) in [5.74, 6) is -0.206. The van der Waals surface area contributed by atoms with E-state index >= 15 is 0 Å². The van der Waals surface area contributed by atoms with Crippen molar-refractivity contribution in [1.82, 2.24) is 4.98 Å². The van der Waals surface area contributed by atoms with Crippen LogP contribution in [-0.4, -0.2) is 17.9 Å². The number of aromatic nitrogens is 1. The first-order valence-corrected chi connectivity index (χ1v) is 6.81. The zero-order valence-corrected chi connectivity index (χ0v) is 12.1. The topological polar surface area (TPSA) is 59.2 Å². The molecule has 1 heterocycles. The predicted molar refractivity (Wildman–Crippen MR) is 81.8 cm³/mol. The van der Waals surface area contributed by atoms with Crippen LogP contribution < -0.4 is 10.6 Å². The number of nitrogen functional groups attached to an aromatic ring is 1. The van der Waals surface area contributed by atoms with Gasteiger partial charge in [0, 0.05) is 24.0 Å². The second kappa shape index (κ2) is 6.35. The van der Waals surface area contributed by atoms with Gasteiger partial charge in [-0.3, -0.25) is 4.79 Å². The van der Waals surface area contributed by atoms with Crippen molar-refractivity contribution in [2.75, 3.05) is 17.7 Å². The van der Waals surface area contributed by atoms with Gasteiger partial charge in [0.05, 0.1) is 0 Å². The number of carbonyl (C=O) groups excluding carboxylic acids is 1. The molecule has 4 nitrogen and oxygen atoms in total. The highest BCUT2D eigenvalue weighted by Gasteiger charge is 2.15. The minimum Gasteiger partial charge on any atom is -0.384 e. The molecule has 2 N–H and O–H groups in total. The van der Waals surface area contributed by atoms with Gasteiger partial charge in [-0.05, 0) is 42.8 Å². The van der Waals surface area contributed by atoms with Crippen LogP contribution >= 0.6 is 0 Å². The number of carbonyl (C=O) groups is 1. The Hall–Kier alpha value is -2.43. The van der Waals surface area contributed by atoms with Gasteiger partial charge < -0.3 is 10.6 Å². The van der Waals surface area contributed by atoms with Crippen LogP contribution in [0.25, 0.3) is 0 Å². The molecule has 0 aliphatic carbocycles. The third-order valence-corrected chi connectivity index (χ3v) is 3.17. The maximum absolute atomic E-state index is 12.9. The predicted octanol–water partition coefficient (Wildman–Crippen LogP) is 3.03. The number of amides is 1. The number of halogens is 1. The number of hydrogen-bond donors (Lipinski definition) is 1. The molecule has 2 aromatic rings. The minimum absolute atomic E-state index is 0.201. The molecular formula is C16H18FN3O. The third kappa shape index (κ3) is 3.56. The van der Waals surface area contributed by atoms with E-state index in [4.69, 9.17) is 5.73 Å². The molecule has 110 valence electrons. The molecule has 0 bridgehead atoms. The lowest BCUT2D eigenvalue weighted by atomic mass is 10.1. The molecule has 0 spiro atoms. The summed E-state index contributed by atoms with van der Waals surface area (Å²) in [4.78, 5) is 18.2. The normalized spacial score (nSPS) is 10.4. The van der Waals surface area contributed by atoms with Crippen LogP contribution in [0.5, 0.6) is 0 Å². The Morgan fingerprint density at radius 2 is 1.95 bits per heavy atom. The fraction of sp³-hybridized carbons (Fsp3) is 0.250. The lowest BCUT2D eigenvalue weighted by Gasteiger charge is -2.18. The van der Waals surface area contributed by atoms with Gasteiger partial charge in [-0.1, -0.05) is 13.3 Å². The van der Waals surface area contributed by atoms with Crippen molar-refractivity contribution in [1.29, 1.82) is 0 Å². The van der Waals surface area contributed by atoms with Crippen molar-refractivity contribution in [3.05, 3.63) is 53.5 Å². The highest BCUT2D eigenvalue weighted by Crippen LogP contribution is 2.18. The van der Waals surface area contributed by atoms with Crippen molar-refractivity contribution >= 4 is 17.4 Å². The zero-order valence-electron chi connectivity index (χ0n) is 12.1.